The van der Waals surface area contributed by atoms with Gasteiger partial charge in [-0.2, -0.15) is 13.3 Å². The van der Waals surface area contributed by atoms with Crippen LogP contribution in [0.5, 0.6) is 0 Å². The molecule has 0 radical (unpaired) electrons. The number of aryl methyl sites for hydroxylation is 1. The second-order valence-corrected chi connectivity index (χ2v) is 11.2. The molecule has 1 aliphatic heterocycles. The molecular weight excluding hydrogens is 515 g/mol. The summed E-state index contributed by atoms with van der Waals surface area (Å²) in [6.07, 6.45) is -0.352. The highest BCUT2D eigenvalue weighted by Gasteiger charge is 2.41. The number of hydrogen-bond acceptors (Lipinski definition) is 12. The van der Waals surface area contributed by atoms with E-state index in [4.69, 9.17) is 19.4 Å². The smallest absolute Gasteiger partial charge is 0.411 e. The first kappa shape index (κ1) is 26.1. The molecule has 4 atom stereocenters. The molecule has 1 aliphatic rings. The Morgan fingerprint density at radius 1 is 1.12 bits per heavy atom. The average Bonchev–Trinajstić information content (AvgIpc) is 3.23. The maximum absolute atomic E-state index is 12.7. The minimum Gasteiger partial charge on any atom is -0.411 e. The van der Waals surface area contributed by atoms with Crippen molar-refractivity contribution in [3.05, 3.63) is 16.0 Å². The van der Waals surface area contributed by atoms with Gasteiger partial charge in [-0.15, -0.1) is 10.2 Å². The maximum atomic E-state index is 12.7. The Bertz CT molecular complexity index is 1220. The zero-order chi connectivity index (χ0) is 24.6. The second-order valence-electron chi connectivity index (χ2n) is 6.80. The summed E-state index contributed by atoms with van der Waals surface area (Å²) in [7, 11) is -16.4. The van der Waals surface area contributed by atoms with Gasteiger partial charge in [-0.3, -0.25) is 9.32 Å². The van der Waals surface area contributed by atoms with E-state index >= 15 is 0 Å². The Morgan fingerprint density at radius 2 is 1.82 bits per heavy atom. The lowest BCUT2D eigenvalue weighted by Gasteiger charge is -2.18. The monoisotopic (exact) mass is 535 g/mol. The first-order chi connectivity index (χ1) is 15.2. The van der Waals surface area contributed by atoms with Crippen LogP contribution < -0.4 is 5.56 Å². The van der Waals surface area contributed by atoms with Gasteiger partial charge in [0.2, 0.25) is 0 Å². The van der Waals surface area contributed by atoms with Gasteiger partial charge in [0.25, 0.3) is 0 Å². The molecule has 0 bridgehead atoms. The zero-order valence-electron chi connectivity index (χ0n) is 16.8. The number of rotatable bonds is 10. The van der Waals surface area contributed by atoms with Gasteiger partial charge in [-0.25, -0.2) is 13.7 Å². The fraction of sp³-hybridized carbons (Fsp3) is 0.667. The van der Waals surface area contributed by atoms with E-state index in [0.29, 0.717) is 23.4 Å². The van der Waals surface area contributed by atoms with Gasteiger partial charge in [-0.05, 0) is 19.3 Å². The Morgan fingerprint density at radius 3 is 2.45 bits per heavy atom. The molecule has 18 nitrogen and oxygen atoms in total. The highest BCUT2D eigenvalue weighted by Crippen LogP contribution is 2.66. The van der Waals surface area contributed by atoms with Crippen molar-refractivity contribution < 1.29 is 56.4 Å². The summed E-state index contributed by atoms with van der Waals surface area (Å²) in [6.45, 7) is 1.22. The summed E-state index contributed by atoms with van der Waals surface area (Å²) < 4.78 is 51.9. The van der Waals surface area contributed by atoms with Crippen LogP contribution in [0.25, 0.3) is 11.0 Å². The molecule has 3 heterocycles. The van der Waals surface area contributed by atoms with E-state index in [1.54, 1.807) is 0 Å². The molecule has 1 saturated heterocycles. The van der Waals surface area contributed by atoms with Crippen LogP contribution in [0.2, 0.25) is 0 Å². The molecule has 0 saturated carbocycles. The number of aromatic nitrogens is 5. The van der Waals surface area contributed by atoms with Crippen LogP contribution in [0.1, 0.15) is 38.1 Å². The van der Waals surface area contributed by atoms with Crippen molar-refractivity contribution in [3.63, 3.8) is 0 Å². The Balaban J connectivity index is 1.66. The van der Waals surface area contributed by atoms with Crippen molar-refractivity contribution in [2.75, 3.05) is 6.61 Å². The summed E-state index contributed by atoms with van der Waals surface area (Å²) in [5.74, 6) is 0. The minimum atomic E-state index is -5.63. The number of nitrogens with zero attached hydrogens (tertiary/aromatic N) is 5. The summed E-state index contributed by atoms with van der Waals surface area (Å²) in [6, 6.07) is 0. The molecule has 3 rings (SSSR count). The Labute approximate surface area is 184 Å². The maximum Gasteiger partial charge on any atom is 0.490 e. The van der Waals surface area contributed by atoms with Gasteiger partial charge in [0.15, 0.2) is 11.7 Å². The largest absolute Gasteiger partial charge is 0.490 e. The molecule has 0 aromatic carbocycles. The van der Waals surface area contributed by atoms with Crippen molar-refractivity contribution >= 4 is 34.5 Å². The van der Waals surface area contributed by atoms with Gasteiger partial charge in [0, 0.05) is 0 Å². The average molecular weight is 535 g/mol. The molecule has 33 heavy (non-hydrogen) atoms. The third kappa shape index (κ3) is 6.53. The molecule has 186 valence electrons. The first-order valence-corrected chi connectivity index (χ1v) is 13.7. The number of hydrogen-bond donors (Lipinski definition) is 5. The standard InChI is InChI=1S/C12H20N5O13P3/c1-2-3-8-10-11(17(19)14-8)12(18)16(15-13-10)9-5-4-7(28-9)6-27-32(23,24)30-33(25,26)29-31(20,21)22/h7,9,19H,2-6H2,1H3,(H,23,24)(H,25,26)(H2,20,21,22). The van der Waals surface area contributed by atoms with E-state index in [-0.39, 0.29) is 23.9 Å². The van der Waals surface area contributed by atoms with Crippen LogP contribution in [0.15, 0.2) is 4.79 Å². The molecule has 4 unspecified atom stereocenters. The predicted molar refractivity (Wildman–Crippen MR) is 104 cm³/mol. The lowest BCUT2D eigenvalue weighted by atomic mass is 10.2. The third-order valence-corrected chi connectivity index (χ3v) is 8.05. The number of phosphoric acid groups is 3. The van der Waals surface area contributed by atoms with Gasteiger partial charge in [0.05, 0.1) is 18.4 Å². The van der Waals surface area contributed by atoms with Crippen LogP contribution in [-0.2, 0) is 38.0 Å². The molecule has 0 aliphatic carbocycles. The number of fused-ring (bicyclic) bond motifs is 1. The van der Waals surface area contributed by atoms with E-state index in [0.717, 1.165) is 4.68 Å². The SMILES string of the molecule is CCCc1nn(O)c2c(=O)n(C3CCC(COP(=O)(O)OP(=O)(O)OP(=O)(O)O)O3)nnc12. The summed E-state index contributed by atoms with van der Waals surface area (Å²) in [5.41, 5.74) is -0.402. The van der Waals surface area contributed by atoms with Gasteiger partial charge in [-0.1, -0.05) is 23.4 Å². The second kappa shape index (κ2) is 9.60. The molecule has 1 fully saturated rings. The number of phosphoric ester groups is 1. The van der Waals surface area contributed by atoms with E-state index in [9.17, 15) is 28.6 Å². The van der Waals surface area contributed by atoms with E-state index in [1.807, 2.05) is 6.92 Å². The Kier molecular flexibility index (Phi) is 7.58. The zero-order valence-corrected chi connectivity index (χ0v) is 19.5. The lowest BCUT2D eigenvalue weighted by Crippen LogP contribution is -2.30. The topological polar surface area (TPSA) is 255 Å². The molecule has 2 aromatic rings. The predicted octanol–water partition coefficient (Wildman–Crippen LogP) is 0.199. The minimum absolute atomic E-state index is 0.141. The summed E-state index contributed by atoms with van der Waals surface area (Å²) in [4.78, 5) is 48.8. The van der Waals surface area contributed by atoms with Crippen molar-refractivity contribution in [2.24, 2.45) is 0 Å². The lowest BCUT2D eigenvalue weighted by molar-refractivity contribution is -0.0312. The van der Waals surface area contributed by atoms with E-state index < -0.39 is 48.0 Å². The van der Waals surface area contributed by atoms with Crippen molar-refractivity contribution in [1.82, 2.24) is 24.9 Å². The Hall–Kier alpha value is -1.55. The molecule has 0 spiro atoms. The van der Waals surface area contributed by atoms with Gasteiger partial charge >= 0.3 is 29.0 Å². The molecular formula is C12H20N5O13P3. The van der Waals surface area contributed by atoms with E-state index in [2.05, 4.69) is 28.6 Å². The summed E-state index contributed by atoms with van der Waals surface area (Å²) in [5, 5.41) is 21.5. The fourth-order valence-electron chi connectivity index (χ4n) is 3.04. The molecule has 5 N–H and O–H groups in total. The van der Waals surface area contributed by atoms with Crippen molar-refractivity contribution in [1.29, 1.82) is 0 Å². The molecule has 2 aromatic heterocycles. The molecule has 0 amide bonds. The highest BCUT2D eigenvalue weighted by atomic mass is 31.3. The quantitative estimate of drug-likeness (QED) is 0.201. The van der Waals surface area contributed by atoms with Crippen LogP contribution in [0, 0.1) is 0 Å². The highest BCUT2D eigenvalue weighted by molar-refractivity contribution is 7.66. The first-order valence-electron chi connectivity index (χ1n) is 9.21. The molecule has 21 heteroatoms. The van der Waals surface area contributed by atoms with Crippen LogP contribution >= 0.6 is 23.5 Å². The van der Waals surface area contributed by atoms with E-state index in [1.165, 1.54) is 0 Å². The van der Waals surface area contributed by atoms with Crippen molar-refractivity contribution in [2.45, 2.75) is 44.9 Å². The normalized spacial score (nSPS) is 22.9. The van der Waals surface area contributed by atoms with Crippen LogP contribution in [0.3, 0.4) is 0 Å². The van der Waals surface area contributed by atoms with Crippen molar-refractivity contribution in [3.8, 4) is 0 Å². The summed E-state index contributed by atoms with van der Waals surface area (Å²) >= 11 is 0. The van der Waals surface area contributed by atoms with Crippen LogP contribution in [-0.4, -0.2) is 62.4 Å². The third-order valence-electron chi connectivity index (χ3n) is 4.25. The van der Waals surface area contributed by atoms with Gasteiger partial charge < -0.3 is 29.5 Å². The van der Waals surface area contributed by atoms with Crippen LogP contribution in [0.4, 0.5) is 0 Å². The van der Waals surface area contributed by atoms with Gasteiger partial charge in [0.1, 0.15) is 5.52 Å². The number of ether oxygens (including phenoxy) is 1. The fourth-order valence-corrected chi connectivity index (χ4v) is 6.09.